The molecule has 1 aromatic carbocycles. The van der Waals surface area contributed by atoms with E-state index in [9.17, 15) is 4.79 Å². The number of rotatable bonds is 6. The number of hydrogen-bond acceptors (Lipinski definition) is 4. The number of thiophene rings is 1. The summed E-state index contributed by atoms with van der Waals surface area (Å²) in [5, 5.41) is 7.16. The Labute approximate surface area is 170 Å². The highest BCUT2D eigenvalue weighted by molar-refractivity contribution is 7.08. The second-order valence-corrected chi connectivity index (χ2v) is 8.31. The summed E-state index contributed by atoms with van der Waals surface area (Å²) < 4.78 is 0. The number of amides is 1. The van der Waals surface area contributed by atoms with Gasteiger partial charge in [0.1, 0.15) is 0 Å². The van der Waals surface area contributed by atoms with Crippen molar-refractivity contribution in [2.45, 2.75) is 19.4 Å². The van der Waals surface area contributed by atoms with E-state index >= 15 is 0 Å². The van der Waals surface area contributed by atoms with Crippen molar-refractivity contribution in [3.8, 4) is 11.1 Å². The van der Waals surface area contributed by atoms with Crippen LogP contribution < -0.4 is 5.32 Å². The molecule has 1 atom stereocenters. The third kappa shape index (κ3) is 4.01. The molecule has 0 aliphatic carbocycles. The molecular weight excluding hydrogens is 366 g/mol. The SMILES string of the molecule is CNC(=O)C1(Cc2ccc(-c3ccsc3)cc2)CCN(Cc2ccccn2)C1. The Balaban J connectivity index is 1.50. The number of aromatic nitrogens is 1. The minimum Gasteiger partial charge on any atom is -0.359 e. The molecule has 1 amide bonds. The number of nitrogens with zero attached hydrogens (tertiary/aromatic N) is 2. The van der Waals surface area contributed by atoms with Crippen LogP contribution in [0, 0.1) is 5.41 Å². The molecule has 1 aliphatic heterocycles. The summed E-state index contributed by atoms with van der Waals surface area (Å²) in [5.41, 5.74) is 4.35. The van der Waals surface area contributed by atoms with Crippen LogP contribution in [0.15, 0.2) is 65.5 Å². The molecule has 1 saturated heterocycles. The maximum Gasteiger partial charge on any atom is 0.227 e. The number of pyridine rings is 1. The molecule has 0 saturated carbocycles. The highest BCUT2D eigenvalue weighted by Gasteiger charge is 2.44. The van der Waals surface area contributed by atoms with Crippen molar-refractivity contribution >= 4 is 17.2 Å². The van der Waals surface area contributed by atoms with Crippen LogP contribution in [0.3, 0.4) is 0 Å². The zero-order chi connectivity index (χ0) is 19.4. The maximum absolute atomic E-state index is 12.8. The van der Waals surface area contributed by atoms with Crippen molar-refractivity contribution in [3.05, 3.63) is 76.7 Å². The van der Waals surface area contributed by atoms with Gasteiger partial charge in [-0.3, -0.25) is 14.7 Å². The molecule has 0 spiro atoms. The van der Waals surface area contributed by atoms with Crippen LogP contribution in [0.25, 0.3) is 11.1 Å². The highest BCUT2D eigenvalue weighted by atomic mass is 32.1. The molecule has 2 aromatic heterocycles. The fraction of sp³-hybridized carbons (Fsp3) is 0.304. The van der Waals surface area contributed by atoms with Gasteiger partial charge >= 0.3 is 0 Å². The zero-order valence-electron chi connectivity index (χ0n) is 16.1. The average Bonchev–Trinajstić information content (AvgIpc) is 3.40. The summed E-state index contributed by atoms with van der Waals surface area (Å²) in [6.45, 7) is 2.46. The molecule has 1 fully saturated rings. The van der Waals surface area contributed by atoms with Gasteiger partial charge in [-0.2, -0.15) is 11.3 Å². The molecule has 1 aliphatic rings. The van der Waals surface area contributed by atoms with E-state index in [4.69, 9.17) is 0 Å². The Bertz CT molecular complexity index is 909. The lowest BCUT2D eigenvalue weighted by Crippen LogP contribution is -2.43. The van der Waals surface area contributed by atoms with E-state index in [1.54, 1.807) is 18.4 Å². The number of hydrogen-bond donors (Lipinski definition) is 1. The first-order chi connectivity index (χ1) is 13.7. The number of likely N-dealkylation sites (tertiary alicyclic amines) is 1. The number of nitrogens with one attached hydrogen (secondary N) is 1. The molecule has 28 heavy (non-hydrogen) atoms. The van der Waals surface area contributed by atoms with Gasteiger partial charge in [-0.15, -0.1) is 0 Å². The third-order valence-electron chi connectivity index (χ3n) is 5.60. The van der Waals surface area contributed by atoms with E-state index in [-0.39, 0.29) is 11.3 Å². The van der Waals surface area contributed by atoms with E-state index in [0.717, 1.165) is 38.2 Å². The van der Waals surface area contributed by atoms with Crippen molar-refractivity contribution in [1.82, 2.24) is 15.2 Å². The van der Waals surface area contributed by atoms with Gasteiger partial charge in [0.25, 0.3) is 0 Å². The predicted octanol–water partition coefficient (Wildman–Crippen LogP) is 3.99. The quantitative estimate of drug-likeness (QED) is 0.691. The largest absolute Gasteiger partial charge is 0.359 e. The summed E-state index contributed by atoms with van der Waals surface area (Å²) >= 11 is 1.71. The second-order valence-electron chi connectivity index (χ2n) is 7.53. The van der Waals surface area contributed by atoms with E-state index in [0.29, 0.717) is 0 Å². The average molecular weight is 392 g/mol. The Morgan fingerprint density at radius 3 is 2.71 bits per heavy atom. The van der Waals surface area contributed by atoms with Gasteiger partial charge in [0, 0.05) is 26.3 Å². The molecule has 0 bridgehead atoms. The van der Waals surface area contributed by atoms with Gasteiger partial charge in [-0.05, 0) is 65.0 Å². The van der Waals surface area contributed by atoms with Crippen LogP contribution in [0.1, 0.15) is 17.7 Å². The van der Waals surface area contributed by atoms with Gasteiger partial charge < -0.3 is 5.32 Å². The minimum absolute atomic E-state index is 0.137. The van der Waals surface area contributed by atoms with Crippen molar-refractivity contribution in [3.63, 3.8) is 0 Å². The van der Waals surface area contributed by atoms with Crippen molar-refractivity contribution < 1.29 is 4.79 Å². The highest BCUT2D eigenvalue weighted by Crippen LogP contribution is 2.36. The summed E-state index contributed by atoms with van der Waals surface area (Å²) in [7, 11) is 1.74. The molecule has 5 heteroatoms. The normalized spacial score (nSPS) is 19.6. The van der Waals surface area contributed by atoms with Crippen LogP contribution in [-0.2, 0) is 17.8 Å². The molecule has 3 heterocycles. The third-order valence-corrected chi connectivity index (χ3v) is 6.29. The lowest BCUT2D eigenvalue weighted by atomic mass is 9.79. The molecule has 0 radical (unpaired) electrons. The van der Waals surface area contributed by atoms with E-state index in [2.05, 4.69) is 56.3 Å². The molecule has 4 nitrogen and oxygen atoms in total. The van der Waals surface area contributed by atoms with Crippen LogP contribution in [0.4, 0.5) is 0 Å². The van der Waals surface area contributed by atoms with Crippen molar-refractivity contribution in [2.24, 2.45) is 5.41 Å². The number of carbonyl (C=O) groups excluding carboxylic acids is 1. The standard InChI is InChI=1S/C23H25N3OS/c1-24-22(27)23(10-12-26(17-23)15-21-4-2-3-11-25-21)14-18-5-7-19(8-6-18)20-9-13-28-16-20/h2-9,11,13,16H,10,12,14-15,17H2,1H3,(H,24,27). The van der Waals surface area contributed by atoms with E-state index < -0.39 is 0 Å². The van der Waals surface area contributed by atoms with Crippen LogP contribution in [0.2, 0.25) is 0 Å². The first-order valence-corrected chi connectivity index (χ1v) is 10.6. The van der Waals surface area contributed by atoms with Gasteiger partial charge in [0.2, 0.25) is 5.91 Å². The lowest BCUT2D eigenvalue weighted by Gasteiger charge is -2.28. The second kappa shape index (κ2) is 8.25. The molecule has 3 aromatic rings. The maximum atomic E-state index is 12.8. The van der Waals surface area contributed by atoms with Crippen LogP contribution in [0.5, 0.6) is 0 Å². The van der Waals surface area contributed by atoms with E-state index in [1.165, 1.54) is 16.7 Å². The van der Waals surface area contributed by atoms with E-state index in [1.807, 2.05) is 24.4 Å². The number of benzene rings is 1. The molecule has 1 unspecified atom stereocenters. The van der Waals surface area contributed by atoms with Crippen molar-refractivity contribution in [1.29, 1.82) is 0 Å². The summed E-state index contributed by atoms with van der Waals surface area (Å²) in [6, 6.07) is 16.8. The zero-order valence-corrected chi connectivity index (χ0v) is 16.9. The molecule has 4 rings (SSSR count). The van der Waals surface area contributed by atoms with Crippen molar-refractivity contribution in [2.75, 3.05) is 20.1 Å². The Morgan fingerprint density at radius 1 is 1.18 bits per heavy atom. The summed E-state index contributed by atoms with van der Waals surface area (Å²) in [6.07, 6.45) is 3.45. The Hall–Kier alpha value is -2.50. The first kappa shape index (κ1) is 18.8. The minimum atomic E-state index is -0.382. The van der Waals surface area contributed by atoms with Crippen LogP contribution in [-0.4, -0.2) is 35.9 Å². The monoisotopic (exact) mass is 391 g/mol. The van der Waals surface area contributed by atoms with Gasteiger partial charge in [0.05, 0.1) is 11.1 Å². The molecular formula is C23H25N3OS. The smallest absolute Gasteiger partial charge is 0.227 e. The van der Waals surface area contributed by atoms with Gasteiger partial charge in [0.15, 0.2) is 0 Å². The first-order valence-electron chi connectivity index (χ1n) is 9.64. The van der Waals surface area contributed by atoms with Crippen LogP contribution >= 0.6 is 11.3 Å². The summed E-state index contributed by atoms with van der Waals surface area (Å²) in [5.74, 6) is 0.137. The van der Waals surface area contributed by atoms with Gasteiger partial charge in [-0.1, -0.05) is 30.3 Å². The number of carbonyl (C=O) groups is 1. The Morgan fingerprint density at radius 2 is 2.04 bits per heavy atom. The molecule has 144 valence electrons. The fourth-order valence-electron chi connectivity index (χ4n) is 4.12. The lowest BCUT2D eigenvalue weighted by molar-refractivity contribution is -0.130. The topological polar surface area (TPSA) is 45.2 Å². The van der Waals surface area contributed by atoms with Gasteiger partial charge in [-0.25, -0.2) is 0 Å². The summed E-state index contributed by atoms with van der Waals surface area (Å²) in [4.78, 5) is 19.6. The fourth-order valence-corrected chi connectivity index (χ4v) is 4.79. The molecule has 1 N–H and O–H groups in total. The predicted molar refractivity (Wildman–Crippen MR) is 114 cm³/mol. The Kier molecular flexibility index (Phi) is 5.55.